The van der Waals surface area contributed by atoms with Gasteiger partial charge in [-0.3, -0.25) is 4.90 Å². The third kappa shape index (κ3) is 5.74. The lowest BCUT2D eigenvalue weighted by Gasteiger charge is -2.26. The molecule has 0 spiro atoms. The van der Waals surface area contributed by atoms with E-state index < -0.39 is 6.36 Å². The van der Waals surface area contributed by atoms with Crippen molar-refractivity contribution in [2.24, 2.45) is 0 Å². The molecule has 0 N–H and O–H groups in total. The van der Waals surface area contributed by atoms with Gasteiger partial charge < -0.3 is 9.47 Å². The molecule has 0 unspecified atom stereocenters. The summed E-state index contributed by atoms with van der Waals surface area (Å²) in [6.07, 6.45) is -1.05. The summed E-state index contributed by atoms with van der Waals surface area (Å²) in [4.78, 5) is 2.30. The SMILES string of the molecule is FC(F)(F)Oc1cc(OCCN2CCCCC2)ccc1Br. The van der Waals surface area contributed by atoms with Crippen molar-refractivity contribution in [3.8, 4) is 11.5 Å². The molecule has 2 rings (SSSR count). The van der Waals surface area contributed by atoms with Gasteiger partial charge in [-0.1, -0.05) is 6.42 Å². The maximum atomic E-state index is 12.3. The predicted molar refractivity (Wildman–Crippen MR) is 76.6 cm³/mol. The fourth-order valence-corrected chi connectivity index (χ4v) is 2.58. The number of halogens is 4. The molecule has 0 aliphatic carbocycles. The summed E-state index contributed by atoms with van der Waals surface area (Å²) in [6, 6.07) is 4.34. The number of likely N-dealkylation sites (tertiary alicyclic amines) is 1. The molecule has 0 amide bonds. The van der Waals surface area contributed by atoms with Crippen LogP contribution in [0.5, 0.6) is 11.5 Å². The molecule has 21 heavy (non-hydrogen) atoms. The van der Waals surface area contributed by atoms with Gasteiger partial charge in [-0.05, 0) is 54.0 Å². The number of benzene rings is 1. The van der Waals surface area contributed by atoms with E-state index in [1.54, 1.807) is 6.07 Å². The first kappa shape index (κ1) is 16.4. The maximum absolute atomic E-state index is 12.3. The largest absolute Gasteiger partial charge is 0.573 e. The number of hydrogen-bond donors (Lipinski definition) is 0. The molecule has 0 aromatic heterocycles. The van der Waals surface area contributed by atoms with Crippen molar-refractivity contribution >= 4 is 15.9 Å². The summed E-state index contributed by atoms with van der Waals surface area (Å²) in [5.41, 5.74) is 0. The molecule has 118 valence electrons. The first-order chi connectivity index (χ1) is 9.94. The zero-order valence-electron chi connectivity index (χ0n) is 11.5. The fraction of sp³-hybridized carbons (Fsp3) is 0.571. The van der Waals surface area contributed by atoms with Crippen LogP contribution in [0.15, 0.2) is 22.7 Å². The van der Waals surface area contributed by atoms with Gasteiger partial charge in [-0.15, -0.1) is 13.2 Å². The second-order valence-corrected chi connectivity index (χ2v) is 5.75. The van der Waals surface area contributed by atoms with Gasteiger partial charge in [-0.25, -0.2) is 0 Å². The van der Waals surface area contributed by atoms with Crippen molar-refractivity contribution in [2.45, 2.75) is 25.6 Å². The first-order valence-electron chi connectivity index (χ1n) is 6.84. The van der Waals surface area contributed by atoms with E-state index in [4.69, 9.17) is 4.74 Å². The van der Waals surface area contributed by atoms with E-state index in [0.29, 0.717) is 12.4 Å². The third-order valence-corrected chi connectivity index (χ3v) is 3.91. The minimum Gasteiger partial charge on any atom is -0.492 e. The molecule has 1 aliphatic heterocycles. The molecular formula is C14H17BrF3NO2. The highest BCUT2D eigenvalue weighted by Gasteiger charge is 2.32. The van der Waals surface area contributed by atoms with Crippen LogP contribution < -0.4 is 9.47 Å². The summed E-state index contributed by atoms with van der Waals surface area (Å²) >= 11 is 3.03. The summed E-state index contributed by atoms with van der Waals surface area (Å²) < 4.78 is 46.5. The highest BCUT2D eigenvalue weighted by Crippen LogP contribution is 2.33. The summed E-state index contributed by atoms with van der Waals surface area (Å²) in [7, 11) is 0. The second-order valence-electron chi connectivity index (χ2n) is 4.89. The Bertz CT molecular complexity index is 462. The molecule has 3 nitrogen and oxygen atoms in total. The van der Waals surface area contributed by atoms with E-state index in [9.17, 15) is 13.2 Å². The normalized spacial score (nSPS) is 16.8. The van der Waals surface area contributed by atoms with Crippen molar-refractivity contribution in [1.82, 2.24) is 4.90 Å². The summed E-state index contributed by atoms with van der Waals surface area (Å²) in [5, 5.41) is 0. The minimum absolute atomic E-state index is 0.239. The van der Waals surface area contributed by atoms with Gasteiger partial charge in [0, 0.05) is 12.6 Å². The standard InChI is InChI=1S/C14H17BrF3NO2/c15-12-5-4-11(10-13(12)21-14(16,17)18)20-9-8-19-6-2-1-3-7-19/h4-5,10H,1-3,6-9H2. The Hall–Kier alpha value is -0.950. The molecule has 1 fully saturated rings. The molecule has 7 heteroatoms. The third-order valence-electron chi connectivity index (χ3n) is 3.25. The second kappa shape index (κ2) is 7.35. The van der Waals surface area contributed by atoms with Crippen LogP contribution in [0, 0.1) is 0 Å². The van der Waals surface area contributed by atoms with Gasteiger partial charge in [0.2, 0.25) is 0 Å². The average Bonchev–Trinajstić information content (AvgIpc) is 2.42. The number of nitrogens with zero attached hydrogens (tertiary/aromatic N) is 1. The lowest BCUT2D eigenvalue weighted by atomic mass is 10.1. The molecule has 0 atom stereocenters. The van der Waals surface area contributed by atoms with E-state index in [0.717, 1.165) is 19.6 Å². The van der Waals surface area contributed by atoms with E-state index in [2.05, 4.69) is 25.6 Å². The van der Waals surface area contributed by atoms with E-state index in [-0.39, 0.29) is 10.2 Å². The quantitative estimate of drug-likeness (QED) is 0.777. The molecule has 1 aliphatic rings. The van der Waals surface area contributed by atoms with E-state index in [1.807, 2.05) is 0 Å². The number of ether oxygens (including phenoxy) is 2. The first-order valence-corrected chi connectivity index (χ1v) is 7.64. The zero-order valence-corrected chi connectivity index (χ0v) is 13.0. The molecule has 1 aromatic rings. The maximum Gasteiger partial charge on any atom is 0.573 e. The Morgan fingerprint density at radius 1 is 1.14 bits per heavy atom. The molecule has 1 heterocycles. The Kier molecular flexibility index (Phi) is 5.75. The van der Waals surface area contributed by atoms with Gasteiger partial charge >= 0.3 is 6.36 Å². The Balaban J connectivity index is 1.86. The smallest absolute Gasteiger partial charge is 0.492 e. The van der Waals surface area contributed by atoms with Crippen molar-refractivity contribution in [2.75, 3.05) is 26.2 Å². The topological polar surface area (TPSA) is 21.7 Å². The minimum atomic E-state index is -4.71. The van der Waals surface area contributed by atoms with Crippen molar-refractivity contribution in [3.63, 3.8) is 0 Å². The van der Waals surface area contributed by atoms with Crippen LogP contribution in [0.4, 0.5) is 13.2 Å². The molecule has 0 saturated carbocycles. The summed E-state index contributed by atoms with van der Waals surface area (Å²) in [6.45, 7) is 3.36. The van der Waals surface area contributed by atoms with Crippen LogP contribution in [0.25, 0.3) is 0 Å². The predicted octanol–water partition coefficient (Wildman–Crippen LogP) is 4.21. The van der Waals surface area contributed by atoms with Crippen molar-refractivity contribution in [3.05, 3.63) is 22.7 Å². The summed E-state index contributed by atoms with van der Waals surface area (Å²) in [5.74, 6) is 0.0763. The Labute approximate surface area is 130 Å². The van der Waals surface area contributed by atoms with Crippen molar-refractivity contribution < 1.29 is 22.6 Å². The molecule has 1 saturated heterocycles. The number of alkyl halides is 3. The highest BCUT2D eigenvalue weighted by atomic mass is 79.9. The average molecular weight is 368 g/mol. The highest BCUT2D eigenvalue weighted by molar-refractivity contribution is 9.10. The molecular weight excluding hydrogens is 351 g/mol. The van der Waals surface area contributed by atoms with Crippen LogP contribution in [-0.4, -0.2) is 37.5 Å². The van der Waals surface area contributed by atoms with Crippen LogP contribution in [0.1, 0.15) is 19.3 Å². The van der Waals surface area contributed by atoms with E-state index >= 15 is 0 Å². The van der Waals surface area contributed by atoms with Gasteiger partial charge in [0.1, 0.15) is 18.1 Å². The Morgan fingerprint density at radius 3 is 2.52 bits per heavy atom. The van der Waals surface area contributed by atoms with Gasteiger partial charge in [0.15, 0.2) is 0 Å². The lowest BCUT2D eigenvalue weighted by molar-refractivity contribution is -0.274. The van der Waals surface area contributed by atoms with Crippen LogP contribution >= 0.6 is 15.9 Å². The molecule has 0 bridgehead atoms. The van der Waals surface area contributed by atoms with Crippen LogP contribution in [-0.2, 0) is 0 Å². The van der Waals surface area contributed by atoms with Gasteiger partial charge in [0.25, 0.3) is 0 Å². The fourth-order valence-electron chi connectivity index (χ4n) is 2.25. The number of rotatable bonds is 5. The Morgan fingerprint density at radius 2 is 1.86 bits per heavy atom. The zero-order chi connectivity index (χ0) is 15.3. The van der Waals surface area contributed by atoms with Crippen LogP contribution in [0.3, 0.4) is 0 Å². The lowest BCUT2D eigenvalue weighted by Crippen LogP contribution is -2.33. The van der Waals surface area contributed by atoms with E-state index in [1.165, 1.54) is 31.4 Å². The number of piperidine rings is 1. The molecule has 1 aromatic carbocycles. The van der Waals surface area contributed by atoms with Gasteiger partial charge in [0.05, 0.1) is 4.47 Å². The molecule has 0 radical (unpaired) electrons. The monoisotopic (exact) mass is 367 g/mol. The van der Waals surface area contributed by atoms with Crippen LogP contribution in [0.2, 0.25) is 0 Å². The van der Waals surface area contributed by atoms with Gasteiger partial charge in [-0.2, -0.15) is 0 Å². The number of hydrogen-bond acceptors (Lipinski definition) is 3. The van der Waals surface area contributed by atoms with Crippen molar-refractivity contribution in [1.29, 1.82) is 0 Å².